The Morgan fingerprint density at radius 2 is 1.39 bits per heavy atom. The highest BCUT2D eigenvalue weighted by atomic mass is 32.1. The van der Waals surface area contributed by atoms with Crippen molar-refractivity contribution in [1.82, 2.24) is 0 Å². The molecule has 0 radical (unpaired) electrons. The Hall–Kier alpha value is -2.20. The molecule has 1 aromatic heterocycles. The van der Waals surface area contributed by atoms with Crippen LogP contribution in [-0.4, -0.2) is 11.8 Å². The third-order valence-corrected chi connectivity index (χ3v) is 3.61. The molecule has 1 aromatic rings. The van der Waals surface area contributed by atoms with Gasteiger partial charge in [0.05, 0.1) is 0 Å². The van der Waals surface area contributed by atoms with Gasteiger partial charge < -0.3 is 0 Å². The quantitative estimate of drug-likeness (QED) is 0.627. The van der Waals surface area contributed by atoms with Crippen LogP contribution in [0.3, 0.4) is 0 Å². The lowest BCUT2D eigenvalue weighted by atomic mass is 9.95. The van der Waals surface area contributed by atoms with Gasteiger partial charge >= 0.3 is 0 Å². The Balaban J connectivity index is 0.000000137. The summed E-state index contributed by atoms with van der Waals surface area (Å²) in [5.74, 6) is -0.523. The topological polar surface area (TPSA) is 37.4 Å². The van der Waals surface area contributed by atoms with E-state index in [9.17, 15) is 9.59 Å². The summed E-state index contributed by atoms with van der Waals surface area (Å²) in [6, 6.07) is 12.0. The summed E-state index contributed by atoms with van der Waals surface area (Å²) in [5.41, 5.74) is 2.85. The van der Waals surface area contributed by atoms with Crippen LogP contribution < -0.4 is 4.90 Å². The fourth-order valence-corrected chi connectivity index (χ4v) is 2.42. The van der Waals surface area contributed by atoms with Crippen molar-refractivity contribution in [3.63, 3.8) is 0 Å². The number of carbonyl (C=O) groups is 2. The van der Waals surface area contributed by atoms with E-state index in [1.54, 1.807) is 12.1 Å². The number of hydrogen-bond acceptors (Lipinski definition) is 3. The molecule has 88 valence electrons. The van der Waals surface area contributed by atoms with Crippen LogP contribution in [-0.2, 0) is 9.59 Å². The van der Waals surface area contributed by atoms with Gasteiger partial charge in [-0.25, -0.2) is 4.90 Å². The predicted molar refractivity (Wildman–Crippen MR) is 71.4 cm³/mol. The summed E-state index contributed by atoms with van der Waals surface area (Å²) in [6.07, 6.45) is 2.56. The fraction of sp³-hybridized carbons (Fsp3) is 0. The van der Waals surface area contributed by atoms with Gasteiger partial charge in [-0.1, -0.05) is 24.3 Å². The van der Waals surface area contributed by atoms with Gasteiger partial charge in [0.1, 0.15) is 5.00 Å². The molecular weight excluding hydrogens is 246 g/mol. The number of anilines is 1. The second-order valence-electron chi connectivity index (χ2n) is 3.87. The number of benzene rings is 1. The molecule has 2 heterocycles. The van der Waals surface area contributed by atoms with Gasteiger partial charge in [-0.3, -0.25) is 9.59 Å². The van der Waals surface area contributed by atoms with Crippen LogP contribution in [0.2, 0.25) is 0 Å². The highest BCUT2D eigenvalue weighted by molar-refractivity contribution is 7.14. The first-order valence-electron chi connectivity index (χ1n) is 5.46. The van der Waals surface area contributed by atoms with E-state index in [1.807, 2.05) is 5.38 Å². The lowest BCUT2D eigenvalue weighted by Crippen LogP contribution is -2.28. The Morgan fingerprint density at radius 3 is 1.72 bits per heavy atom. The number of imide groups is 1. The molecule has 0 saturated carbocycles. The number of carbonyl (C=O) groups excluding carboxylic acids is 2. The van der Waals surface area contributed by atoms with E-state index in [1.165, 1.54) is 34.6 Å². The van der Waals surface area contributed by atoms with E-state index in [-0.39, 0.29) is 11.8 Å². The molecular formula is C14H9NO2S. The molecule has 3 nitrogen and oxygen atoms in total. The smallest absolute Gasteiger partial charge is 0.258 e. The average molecular weight is 255 g/mol. The fourth-order valence-electron chi connectivity index (χ4n) is 1.68. The minimum Gasteiger partial charge on any atom is -0.269 e. The number of rotatable bonds is 1. The van der Waals surface area contributed by atoms with Crippen LogP contribution in [0.5, 0.6) is 0 Å². The minimum atomic E-state index is -0.262. The first kappa shape index (κ1) is 10.9. The molecule has 4 heteroatoms. The predicted octanol–water partition coefficient (Wildman–Crippen LogP) is 2.84. The number of hydrogen-bond donors (Lipinski definition) is 0. The highest BCUT2D eigenvalue weighted by Gasteiger charge is 2.25. The zero-order chi connectivity index (χ0) is 12.5. The molecule has 0 atom stereocenters. The number of fused-ring (bicyclic) bond motifs is 1. The Labute approximate surface area is 108 Å². The van der Waals surface area contributed by atoms with E-state index >= 15 is 0 Å². The van der Waals surface area contributed by atoms with Crippen molar-refractivity contribution >= 4 is 28.2 Å². The van der Waals surface area contributed by atoms with Crippen molar-refractivity contribution in [2.24, 2.45) is 0 Å². The SMILES string of the molecule is O=C1C=CC(=O)N1c1cccs1.c1cc2ccc1-2. The van der Waals surface area contributed by atoms with Crippen LogP contribution in [0.15, 0.2) is 53.9 Å². The second-order valence-corrected chi connectivity index (χ2v) is 4.80. The molecule has 0 fully saturated rings. The molecule has 0 unspecified atom stereocenters. The largest absolute Gasteiger partial charge is 0.269 e. The summed E-state index contributed by atoms with van der Waals surface area (Å²) in [6.45, 7) is 0. The first-order chi connectivity index (χ1) is 8.75. The summed E-state index contributed by atoms with van der Waals surface area (Å²) in [4.78, 5) is 23.4. The van der Waals surface area contributed by atoms with Gasteiger partial charge in [-0.2, -0.15) is 0 Å². The van der Waals surface area contributed by atoms with Crippen LogP contribution in [0.1, 0.15) is 0 Å². The van der Waals surface area contributed by atoms with Crippen LogP contribution in [0.25, 0.3) is 11.1 Å². The van der Waals surface area contributed by atoms with Gasteiger partial charge in [0, 0.05) is 12.2 Å². The van der Waals surface area contributed by atoms with Crippen LogP contribution in [0, 0.1) is 0 Å². The van der Waals surface area contributed by atoms with Crippen molar-refractivity contribution in [2.45, 2.75) is 0 Å². The van der Waals surface area contributed by atoms with E-state index in [0.717, 1.165) is 4.90 Å². The van der Waals surface area contributed by atoms with Gasteiger partial charge in [-0.05, 0) is 28.6 Å². The molecule has 2 amide bonds. The van der Waals surface area contributed by atoms with Crippen molar-refractivity contribution in [1.29, 1.82) is 0 Å². The number of nitrogens with zero attached hydrogens (tertiary/aromatic N) is 1. The Kier molecular flexibility index (Phi) is 2.57. The molecule has 0 saturated heterocycles. The molecule has 2 aliphatic carbocycles. The first-order valence-corrected chi connectivity index (χ1v) is 6.34. The molecule has 4 rings (SSSR count). The third-order valence-electron chi connectivity index (χ3n) is 2.75. The molecule has 0 spiro atoms. The lowest BCUT2D eigenvalue weighted by Gasteiger charge is -2.10. The summed E-state index contributed by atoms with van der Waals surface area (Å²) in [5, 5.41) is 2.50. The Bertz CT molecular complexity index is 587. The lowest BCUT2D eigenvalue weighted by molar-refractivity contribution is -0.119. The summed E-state index contributed by atoms with van der Waals surface area (Å²) < 4.78 is 0. The molecule has 1 aliphatic heterocycles. The number of thiophene rings is 1. The van der Waals surface area contributed by atoms with E-state index in [2.05, 4.69) is 24.3 Å². The summed E-state index contributed by atoms with van der Waals surface area (Å²) >= 11 is 1.37. The molecule has 18 heavy (non-hydrogen) atoms. The molecule has 0 N–H and O–H groups in total. The van der Waals surface area contributed by atoms with Gasteiger partial charge in [0.25, 0.3) is 11.8 Å². The third kappa shape index (κ3) is 1.76. The molecule has 0 bridgehead atoms. The van der Waals surface area contributed by atoms with Crippen LogP contribution >= 0.6 is 11.3 Å². The maximum atomic E-state index is 11.1. The standard InChI is InChI=1S/C8H5NO2S.C6H4/c10-6-3-4-7(11)9(6)8-2-1-5-12-8;1-2-6-4-3-5(1)6/h1-5H;1-4H. The molecule has 0 aromatic carbocycles. The van der Waals surface area contributed by atoms with Gasteiger partial charge in [0.15, 0.2) is 0 Å². The molecule has 3 aliphatic rings. The average Bonchev–Trinajstić information content (AvgIpc) is 2.95. The van der Waals surface area contributed by atoms with E-state index < -0.39 is 0 Å². The van der Waals surface area contributed by atoms with Crippen molar-refractivity contribution in [2.75, 3.05) is 4.90 Å². The summed E-state index contributed by atoms with van der Waals surface area (Å²) in [7, 11) is 0. The van der Waals surface area contributed by atoms with Crippen molar-refractivity contribution in [3.8, 4) is 11.1 Å². The maximum Gasteiger partial charge on any atom is 0.258 e. The number of amides is 2. The van der Waals surface area contributed by atoms with Crippen molar-refractivity contribution in [3.05, 3.63) is 53.9 Å². The highest BCUT2D eigenvalue weighted by Crippen LogP contribution is 2.29. The van der Waals surface area contributed by atoms with Gasteiger partial charge in [0.2, 0.25) is 0 Å². The maximum absolute atomic E-state index is 11.1. The van der Waals surface area contributed by atoms with E-state index in [4.69, 9.17) is 0 Å². The normalized spacial score (nSPS) is 14.6. The Morgan fingerprint density at radius 1 is 0.833 bits per heavy atom. The zero-order valence-electron chi connectivity index (χ0n) is 9.37. The van der Waals surface area contributed by atoms with Crippen LogP contribution in [0.4, 0.5) is 5.00 Å². The minimum absolute atomic E-state index is 0.262. The van der Waals surface area contributed by atoms with E-state index in [0.29, 0.717) is 5.00 Å². The van der Waals surface area contributed by atoms with Gasteiger partial charge in [-0.15, -0.1) is 11.3 Å². The second kappa shape index (κ2) is 4.23. The van der Waals surface area contributed by atoms with Crippen molar-refractivity contribution < 1.29 is 9.59 Å². The monoisotopic (exact) mass is 255 g/mol. The zero-order valence-corrected chi connectivity index (χ0v) is 10.2.